The molecule has 7 aromatic carbocycles. The van der Waals surface area contributed by atoms with Crippen LogP contribution < -0.4 is 31.8 Å². The maximum absolute atomic E-state index is 6.62. The predicted molar refractivity (Wildman–Crippen MR) is 241 cm³/mol. The number of benzene rings is 7. The summed E-state index contributed by atoms with van der Waals surface area (Å²) in [4.78, 5) is 10.4. The van der Waals surface area contributed by atoms with Gasteiger partial charge in [0, 0.05) is 6.04 Å². The Bertz CT molecular complexity index is 3050. The Hall–Kier alpha value is -5.24. The van der Waals surface area contributed by atoms with E-state index in [0.29, 0.717) is 0 Å². The van der Waals surface area contributed by atoms with Crippen LogP contribution in [0.15, 0.2) is 200 Å². The Morgan fingerprint density at radius 2 is 1.00 bits per heavy atom. The zero-order valence-corrected chi connectivity index (χ0v) is 33.9. The number of fused-ring (bicyclic) bond motifs is 8. The first-order valence-corrected chi connectivity index (χ1v) is 25.0. The van der Waals surface area contributed by atoms with Gasteiger partial charge in [-0.05, 0) is 10.6 Å². The molecule has 0 N–H and O–H groups in total. The van der Waals surface area contributed by atoms with E-state index in [1.807, 2.05) is 18.3 Å². The normalized spacial score (nSPS) is 12.1. The molecule has 0 bridgehead atoms. The first-order chi connectivity index (χ1) is 27.0. The molecular formula is C48H33N3P2SSe. The summed E-state index contributed by atoms with van der Waals surface area (Å²) >= 11 is 10.4. The van der Waals surface area contributed by atoms with Crippen LogP contribution in [0.1, 0.15) is 0 Å². The fourth-order valence-electron chi connectivity index (χ4n) is 7.89. The van der Waals surface area contributed by atoms with Gasteiger partial charge in [0.1, 0.15) is 0 Å². The Kier molecular flexibility index (Phi) is 8.60. The fourth-order valence-corrected chi connectivity index (χ4v) is 16.4. The molecule has 3 heterocycles. The summed E-state index contributed by atoms with van der Waals surface area (Å²) in [6.07, 6.45) is 2.00. The third-order valence-corrected chi connectivity index (χ3v) is 22.6. The molecular weight excluding hydrogens is 792 g/mol. The standard InChI is InChI=1S/C48H33N3P2SSe/c54-52(35-15-5-1-6-16-35,36-17-7-2-8-18-36)40-27-29-44(49-33-40)34-25-28-42-41-23-13-14-24-43(41)48-50-45-30-26-39(32-47(45)51(48)46(42)31-34)53(55,37-19-9-3-10-20-37)38-21-11-4-12-22-38/h1-33H. The average Bonchev–Trinajstić information content (AvgIpc) is 3.67. The van der Waals surface area contributed by atoms with E-state index in [9.17, 15) is 0 Å². The van der Waals surface area contributed by atoms with Gasteiger partial charge in [-0.1, -0.05) is 72.5 Å². The van der Waals surface area contributed by atoms with Crippen LogP contribution in [0.3, 0.4) is 0 Å². The van der Waals surface area contributed by atoms with E-state index in [1.54, 1.807) is 0 Å². The van der Waals surface area contributed by atoms with E-state index in [0.717, 1.165) is 54.8 Å². The molecule has 0 aliphatic heterocycles. The average molecular weight is 825 g/mol. The van der Waals surface area contributed by atoms with Gasteiger partial charge < -0.3 is 0 Å². The summed E-state index contributed by atoms with van der Waals surface area (Å²) in [6.45, 7) is 0. The van der Waals surface area contributed by atoms with Gasteiger partial charge in [0.15, 0.2) is 0 Å². The number of hydrogen-bond acceptors (Lipinski definition) is 3. The topological polar surface area (TPSA) is 30.2 Å². The van der Waals surface area contributed by atoms with Gasteiger partial charge in [-0.25, -0.2) is 0 Å². The van der Waals surface area contributed by atoms with Crippen LogP contribution in [0.2, 0.25) is 0 Å². The van der Waals surface area contributed by atoms with Gasteiger partial charge in [-0.15, -0.1) is 0 Å². The van der Waals surface area contributed by atoms with Crippen LogP contribution in [0.5, 0.6) is 0 Å². The summed E-state index contributed by atoms with van der Waals surface area (Å²) < 4.78 is 2.36. The van der Waals surface area contributed by atoms with Crippen molar-refractivity contribution in [1.29, 1.82) is 0 Å². The van der Waals surface area contributed by atoms with Gasteiger partial charge in [0.2, 0.25) is 0 Å². The molecule has 0 amide bonds. The van der Waals surface area contributed by atoms with Gasteiger partial charge in [-0.3, -0.25) is 0 Å². The Morgan fingerprint density at radius 1 is 0.455 bits per heavy atom. The summed E-state index contributed by atoms with van der Waals surface area (Å²) in [5, 5.41) is 10.7. The fraction of sp³-hybridized carbons (Fsp3) is 0. The van der Waals surface area contributed by atoms with E-state index in [2.05, 4.69) is 201 Å². The molecule has 0 radical (unpaired) electrons. The quantitative estimate of drug-likeness (QED) is 0.0914. The predicted octanol–water partition coefficient (Wildman–Crippen LogP) is 8.99. The molecule has 0 aliphatic rings. The molecule has 7 heteroatoms. The van der Waals surface area contributed by atoms with Crippen molar-refractivity contribution >= 4 is 109 Å². The first kappa shape index (κ1) is 34.3. The Morgan fingerprint density at radius 3 is 1.58 bits per heavy atom. The summed E-state index contributed by atoms with van der Waals surface area (Å²) in [7, 11) is 0. The number of nitrogens with zero attached hydrogens (tertiary/aromatic N) is 3. The van der Waals surface area contributed by atoms with Crippen molar-refractivity contribution in [3.63, 3.8) is 0 Å². The van der Waals surface area contributed by atoms with E-state index in [1.165, 1.54) is 26.7 Å². The van der Waals surface area contributed by atoms with Crippen LogP contribution in [0, 0.1) is 0 Å². The second-order valence-electron chi connectivity index (χ2n) is 13.7. The molecule has 0 unspecified atom stereocenters. The van der Waals surface area contributed by atoms with E-state index in [-0.39, 0.29) is 0 Å². The molecule has 262 valence electrons. The van der Waals surface area contributed by atoms with Crippen LogP contribution in [-0.2, 0) is 11.8 Å². The summed E-state index contributed by atoms with van der Waals surface area (Å²) in [6, 6.07) is 66.9. The van der Waals surface area contributed by atoms with Gasteiger partial charge in [0.25, 0.3) is 0 Å². The molecule has 10 rings (SSSR count). The number of imidazole rings is 1. The Labute approximate surface area is 332 Å². The number of aromatic nitrogens is 3. The van der Waals surface area contributed by atoms with Gasteiger partial charge >= 0.3 is 245 Å². The molecule has 0 atom stereocenters. The first-order valence-electron chi connectivity index (χ1n) is 18.2. The van der Waals surface area contributed by atoms with Gasteiger partial charge in [-0.2, -0.15) is 0 Å². The van der Waals surface area contributed by atoms with E-state index < -0.39 is 11.5 Å². The second-order valence-corrected chi connectivity index (χ2v) is 24.3. The maximum atomic E-state index is 6.62. The van der Waals surface area contributed by atoms with E-state index in [4.69, 9.17) is 21.8 Å². The van der Waals surface area contributed by atoms with Crippen LogP contribution >= 0.6 is 11.5 Å². The molecule has 0 aliphatic carbocycles. The molecule has 0 saturated carbocycles. The Balaban J connectivity index is 1.18. The number of rotatable bonds is 7. The molecule has 3 aromatic heterocycles. The monoisotopic (exact) mass is 825 g/mol. The SMILES string of the molecule is S=P(c1ccccc1)(c1ccccc1)c1ccc(-c2ccc3c4ccccc4c4nc5ccc(P(=[Se])(c6ccccc6)c6ccccc6)cc5n4c3c2)nc1. The zero-order valence-electron chi connectivity index (χ0n) is 29.6. The third kappa shape index (κ3) is 5.62. The van der Waals surface area contributed by atoms with Crippen LogP contribution in [0.4, 0.5) is 0 Å². The third-order valence-electron chi connectivity index (χ3n) is 10.6. The molecule has 0 saturated heterocycles. The molecule has 0 spiro atoms. The summed E-state index contributed by atoms with van der Waals surface area (Å²) in [5.41, 5.74) is 3.95. The van der Waals surface area contributed by atoms with Crippen molar-refractivity contribution in [2.45, 2.75) is 0 Å². The molecule has 55 heavy (non-hydrogen) atoms. The van der Waals surface area contributed by atoms with Crippen molar-refractivity contribution in [2.75, 3.05) is 0 Å². The molecule has 10 aromatic rings. The van der Waals surface area contributed by atoms with Crippen molar-refractivity contribution in [2.24, 2.45) is 0 Å². The zero-order chi connectivity index (χ0) is 37.0. The summed E-state index contributed by atoms with van der Waals surface area (Å²) in [5.74, 6) is 0. The van der Waals surface area contributed by atoms with E-state index >= 15 is 0 Å². The molecule has 3 nitrogen and oxygen atoms in total. The van der Waals surface area contributed by atoms with Crippen molar-refractivity contribution in [3.8, 4) is 11.3 Å². The van der Waals surface area contributed by atoms with Crippen molar-refractivity contribution in [1.82, 2.24) is 14.4 Å². The second kappa shape index (κ2) is 13.8. The minimum absolute atomic E-state index is 0.904. The molecule has 0 fully saturated rings. The van der Waals surface area contributed by atoms with Gasteiger partial charge in [0.05, 0.1) is 0 Å². The minimum atomic E-state index is -2.31. The number of hydrogen-bond donors (Lipinski definition) is 0. The van der Waals surface area contributed by atoms with Crippen molar-refractivity contribution < 1.29 is 0 Å². The van der Waals surface area contributed by atoms with Crippen LogP contribution in [-0.4, -0.2) is 29.5 Å². The number of pyridine rings is 2. The van der Waals surface area contributed by atoms with Crippen LogP contribution in [0.25, 0.3) is 49.6 Å². The van der Waals surface area contributed by atoms with Crippen molar-refractivity contribution in [3.05, 3.63) is 200 Å².